The molecule has 0 unspecified atom stereocenters. The molecule has 0 aliphatic carbocycles. The van der Waals surface area contributed by atoms with E-state index in [0.717, 1.165) is 6.54 Å². The lowest BCUT2D eigenvalue weighted by atomic mass is 10.1. The number of carbonyl (C=O) groups excluding carboxylic acids is 1. The molecule has 0 saturated carbocycles. The van der Waals surface area contributed by atoms with Gasteiger partial charge in [0.25, 0.3) is 0 Å². The maximum absolute atomic E-state index is 11.9. The SMILES string of the molecule is CN=C(NCc1sccc1C)NCC(C)(C)NC(=O)OC(C)(C)C.I. The summed E-state index contributed by atoms with van der Waals surface area (Å²) in [7, 11) is 1.73. The summed E-state index contributed by atoms with van der Waals surface area (Å²) in [6.45, 7) is 12.7. The number of nitrogens with one attached hydrogen (secondary N) is 3. The van der Waals surface area contributed by atoms with E-state index in [1.165, 1.54) is 10.4 Å². The number of halogens is 1. The lowest BCUT2D eigenvalue weighted by Gasteiger charge is -2.29. The first kappa shape index (κ1) is 24.0. The Morgan fingerprint density at radius 1 is 1.24 bits per heavy atom. The summed E-state index contributed by atoms with van der Waals surface area (Å²) in [5.41, 5.74) is 0.289. The number of thiophene rings is 1. The molecule has 0 spiro atoms. The van der Waals surface area contributed by atoms with Crippen LogP contribution < -0.4 is 16.0 Å². The molecule has 1 rings (SSSR count). The summed E-state index contributed by atoms with van der Waals surface area (Å²) in [6.07, 6.45) is -0.425. The summed E-state index contributed by atoms with van der Waals surface area (Å²) in [5, 5.41) is 11.5. The number of hydrogen-bond donors (Lipinski definition) is 3. The third-order valence-corrected chi connectivity index (χ3v) is 4.17. The number of hydrogen-bond acceptors (Lipinski definition) is 4. The lowest BCUT2D eigenvalue weighted by molar-refractivity contribution is 0.0474. The number of ether oxygens (including phenoxy) is 1. The van der Waals surface area contributed by atoms with E-state index in [2.05, 4.69) is 39.3 Å². The van der Waals surface area contributed by atoms with Gasteiger partial charge in [-0.25, -0.2) is 4.79 Å². The second-order valence-electron chi connectivity index (χ2n) is 7.32. The van der Waals surface area contributed by atoms with E-state index in [9.17, 15) is 4.79 Å². The summed E-state index contributed by atoms with van der Waals surface area (Å²) in [4.78, 5) is 17.4. The Morgan fingerprint density at radius 2 is 1.88 bits per heavy atom. The molecule has 0 fully saturated rings. The minimum Gasteiger partial charge on any atom is -0.444 e. The Labute approximate surface area is 172 Å². The maximum Gasteiger partial charge on any atom is 0.408 e. The summed E-state index contributed by atoms with van der Waals surface area (Å²) in [6, 6.07) is 2.10. The van der Waals surface area contributed by atoms with Gasteiger partial charge in [0.05, 0.1) is 12.1 Å². The van der Waals surface area contributed by atoms with Gasteiger partial charge in [0.2, 0.25) is 0 Å². The van der Waals surface area contributed by atoms with Crippen LogP contribution >= 0.6 is 35.3 Å². The number of guanidine groups is 1. The molecule has 8 heteroatoms. The largest absolute Gasteiger partial charge is 0.444 e. The minimum absolute atomic E-state index is 0. The maximum atomic E-state index is 11.9. The summed E-state index contributed by atoms with van der Waals surface area (Å²) < 4.78 is 5.29. The molecule has 1 amide bonds. The van der Waals surface area contributed by atoms with Crippen molar-refractivity contribution >= 4 is 47.4 Å². The van der Waals surface area contributed by atoms with E-state index < -0.39 is 17.2 Å². The fourth-order valence-electron chi connectivity index (χ4n) is 1.90. The van der Waals surface area contributed by atoms with Crippen molar-refractivity contribution in [2.45, 2.75) is 59.2 Å². The van der Waals surface area contributed by atoms with Crippen LogP contribution in [0.1, 0.15) is 45.1 Å². The molecule has 0 aliphatic heterocycles. The topological polar surface area (TPSA) is 74.8 Å². The van der Waals surface area contributed by atoms with Crippen LogP contribution in [0.2, 0.25) is 0 Å². The van der Waals surface area contributed by atoms with E-state index in [1.54, 1.807) is 18.4 Å². The highest BCUT2D eigenvalue weighted by atomic mass is 127. The molecule has 0 aliphatic rings. The second kappa shape index (κ2) is 10.2. The summed E-state index contributed by atoms with van der Waals surface area (Å²) in [5.74, 6) is 0.696. The third-order valence-electron chi connectivity index (χ3n) is 3.15. The molecule has 1 heterocycles. The molecule has 25 heavy (non-hydrogen) atoms. The van der Waals surface area contributed by atoms with Crippen molar-refractivity contribution in [1.29, 1.82) is 0 Å². The Kier molecular flexibility index (Phi) is 9.78. The van der Waals surface area contributed by atoms with Gasteiger partial charge in [-0.1, -0.05) is 0 Å². The molecule has 1 aromatic heterocycles. The van der Waals surface area contributed by atoms with Gasteiger partial charge >= 0.3 is 6.09 Å². The molecule has 0 aromatic carbocycles. The third kappa shape index (κ3) is 9.88. The van der Waals surface area contributed by atoms with Gasteiger partial charge in [0, 0.05) is 18.5 Å². The number of aryl methyl sites for hydroxylation is 1. The van der Waals surface area contributed by atoms with Crippen LogP contribution in [-0.2, 0) is 11.3 Å². The van der Waals surface area contributed by atoms with E-state index in [0.29, 0.717) is 12.5 Å². The zero-order chi connectivity index (χ0) is 18.4. The molecule has 0 radical (unpaired) electrons. The average Bonchev–Trinajstić information content (AvgIpc) is 2.81. The number of alkyl carbamates (subject to hydrolysis) is 1. The second-order valence-corrected chi connectivity index (χ2v) is 8.32. The van der Waals surface area contributed by atoms with Gasteiger partial charge in [-0.05, 0) is 58.6 Å². The van der Waals surface area contributed by atoms with Crippen LogP contribution in [0.25, 0.3) is 0 Å². The minimum atomic E-state index is -0.510. The van der Waals surface area contributed by atoms with Crippen LogP contribution in [-0.4, -0.2) is 36.8 Å². The average molecular weight is 482 g/mol. The lowest BCUT2D eigenvalue weighted by Crippen LogP contribution is -2.54. The van der Waals surface area contributed by atoms with Crippen molar-refractivity contribution in [3.8, 4) is 0 Å². The summed E-state index contributed by atoms with van der Waals surface area (Å²) >= 11 is 1.72. The molecule has 3 N–H and O–H groups in total. The molecule has 144 valence electrons. The highest BCUT2D eigenvalue weighted by Crippen LogP contribution is 2.14. The Bertz CT molecular complexity index is 579. The van der Waals surface area contributed by atoms with E-state index in [-0.39, 0.29) is 24.0 Å². The van der Waals surface area contributed by atoms with Gasteiger partial charge in [0.1, 0.15) is 5.60 Å². The van der Waals surface area contributed by atoms with E-state index >= 15 is 0 Å². The first-order chi connectivity index (χ1) is 11.0. The predicted molar refractivity (Wildman–Crippen MR) is 116 cm³/mol. The number of aliphatic imine (C=N–C) groups is 1. The normalized spacial score (nSPS) is 12.2. The van der Waals surface area contributed by atoms with Crippen molar-refractivity contribution in [3.63, 3.8) is 0 Å². The first-order valence-electron chi connectivity index (χ1n) is 8.01. The Morgan fingerprint density at radius 3 is 2.36 bits per heavy atom. The van der Waals surface area contributed by atoms with Crippen molar-refractivity contribution in [3.05, 3.63) is 21.9 Å². The van der Waals surface area contributed by atoms with Crippen LogP contribution in [0.5, 0.6) is 0 Å². The molecule has 0 atom stereocenters. The van der Waals surface area contributed by atoms with Gasteiger partial charge in [-0.2, -0.15) is 0 Å². The number of nitrogens with zero attached hydrogens (tertiary/aromatic N) is 1. The van der Waals surface area contributed by atoms with E-state index in [1.807, 2.05) is 34.6 Å². The molecule has 1 aromatic rings. The van der Waals surface area contributed by atoms with Gasteiger partial charge in [-0.15, -0.1) is 35.3 Å². The molecule has 6 nitrogen and oxygen atoms in total. The molecule has 0 saturated heterocycles. The number of carbonyl (C=O) groups is 1. The van der Waals surface area contributed by atoms with Crippen molar-refractivity contribution in [2.75, 3.05) is 13.6 Å². The van der Waals surface area contributed by atoms with E-state index in [4.69, 9.17) is 4.74 Å². The number of rotatable bonds is 5. The highest BCUT2D eigenvalue weighted by Gasteiger charge is 2.24. The zero-order valence-electron chi connectivity index (χ0n) is 16.1. The van der Waals surface area contributed by atoms with Gasteiger partial charge < -0.3 is 20.7 Å². The number of amides is 1. The van der Waals surface area contributed by atoms with Crippen molar-refractivity contribution in [2.24, 2.45) is 4.99 Å². The quantitative estimate of drug-likeness (QED) is 0.341. The van der Waals surface area contributed by atoms with Gasteiger partial charge in [0.15, 0.2) is 5.96 Å². The first-order valence-corrected chi connectivity index (χ1v) is 8.89. The van der Waals surface area contributed by atoms with Gasteiger partial charge in [-0.3, -0.25) is 4.99 Å². The van der Waals surface area contributed by atoms with Crippen LogP contribution in [0.15, 0.2) is 16.4 Å². The molecule has 0 bridgehead atoms. The highest BCUT2D eigenvalue weighted by molar-refractivity contribution is 14.0. The van der Waals surface area contributed by atoms with Crippen LogP contribution in [0, 0.1) is 6.92 Å². The molecular formula is C17H31IN4O2S. The fourth-order valence-corrected chi connectivity index (χ4v) is 2.74. The fraction of sp³-hybridized carbons (Fsp3) is 0.647. The zero-order valence-corrected chi connectivity index (χ0v) is 19.3. The smallest absolute Gasteiger partial charge is 0.408 e. The van der Waals surface area contributed by atoms with Crippen molar-refractivity contribution < 1.29 is 9.53 Å². The van der Waals surface area contributed by atoms with Crippen LogP contribution in [0.3, 0.4) is 0 Å². The van der Waals surface area contributed by atoms with Crippen LogP contribution in [0.4, 0.5) is 4.79 Å². The standard InChI is InChI=1S/C17H30N4O2S.HI/c1-12-8-9-24-13(12)10-19-14(18-7)20-11-17(5,6)21-15(22)23-16(2,3)4;/h8-9H,10-11H2,1-7H3,(H,21,22)(H2,18,19,20);1H. The Hall–Kier alpha value is -1.03. The molecular weight excluding hydrogens is 451 g/mol. The predicted octanol–water partition coefficient (Wildman–Crippen LogP) is 3.64. The monoisotopic (exact) mass is 482 g/mol. The van der Waals surface area contributed by atoms with Crippen molar-refractivity contribution in [1.82, 2.24) is 16.0 Å². The Balaban J connectivity index is 0.00000576.